The second kappa shape index (κ2) is 8.30. The molecule has 9 nitrogen and oxygen atoms in total. The van der Waals surface area contributed by atoms with E-state index in [1.165, 1.54) is 33.5 Å². The van der Waals surface area contributed by atoms with Gasteiger partial charge in [-0.3, -0.25) is 10.1 Å². The molecule has 146 valence electrons. The Morgan fingerprint density at radius 3 is 2.07 bits per heavy atom. The van der Waals surface area contributed by atoms with Crippen LogP contribution >= 0.6 is 0 Å². The zero-order valence-electron chi connectivity index (χ0n) is 15.8. The van der Waals surface area contributed by atoms with E-state index in [2.05, 4.69) is 15.5 Å². The molecular formula is C19H19N3O6. The number of hydrogen-bond acceptors (Lipinski definition) is 8. The van der Waals surface area contributed by atoms with Crippen LogP contribution in [-0.2, 0) is 0 Å². The molecule has 0 unspecified atom stereocenters. The Labute approximate surface area is 161 Å². The standard InChI is InChI=1S/C19H19N3O6/c1-24-13-7-5-11(6-8-13)18-21-22-19(28-18)20-17(23)12-9-14(25-2)16(27-4)15(10-12)26-3/h5-10H,1-4H3,(H,20,22,23). The summed E-state index contributed by atoms with van der Waals surface area (Å²) in [5.41, 5.74) is 0.972. The molecule has 0 spiro atoms. The van der Waals surface area contributed by atoms with Gasteiger partial charge in [0.25, 0.3) is 5.91 Å². The van der Waals surface area contributed by atoms with Crippen LogP contribution < -0.4 is 24.3 Å². The third-order valence-corrected chi connectivity index (χ3v) is 3.91. The lowest BCUT2D eigenvalue weighted by Crippen LogP contribution is -2.13. The molecule has 1 amide bonds. The summed E-state index contributed by atoms with van der Waals surface area (Å²) in [5, 5.41) is 10.3. The number of nitrogens with one attached hydrogen (secondary N) is 1. The molecule has 0 atom stereocenters. The Bertz CT molecular complexity index is 943. The van der Waals surface area contributed by atoms with Crippen molar-refractivity contribution >= 4 is 11.9 Å². The normalized spacial score (nSPS) is 10.3. The van der Waals surface area contributed by atoms with E-state index in [1.807, 2.05) is 0 Å². The maximum absolute atomic E-state index is 12.6. The minimum absolute atomic E-state index is 0.0374. The maximum Gasteiger partial charge on any atom is 0.322 e. The predicted molar refractivity (Wildman–Crippen MR) is 100 cm³/mol. The average Bonchev–Trinajstić information content (AvgIpc) is 3.20. The number of amides is 1. The van der Waals surface area contributed by atoms with E-state index in [1.54, 1.807) is 31.4 Å². The quantitative estimate of drug-likeness (QED) is 0.662. The first kappa shape index (κ1) is 19.0. The fraction of sp³-hybridized carbons (Fsp3) is 0.211. The molecule has 0 aliphatic carbocycles. The molecule has 9 heteroatoms. The van der Waals surface area contributed by atoms with Crippen LogP contribution in [-0.4, -0.2) is 44.5 Å². The van der Waals surface area contributed by atoms with E-state index < -0.39 is 5.91 Å². The molecule has 2 aromatic carbocycles. The molecule has 0 saturated carbocycles. The molecule has 0 saturated heterocycles. The first-order valence-corrected chi connectivity index (χ1v) is 8.19. The second-order valence-electron chi connectivity index (χ2n) is 5.51. The molecule has 0 radical (unpaired) electrons. The number of hydrogen-bond donors (Lipinski definition) is 1. The third kappa shape index (κ3) is 3.83. The van der Waals surface area contributed by atoms with Gasteiger partial charge in [0, 0.05) is 11.1 Å². The molecule has 1 N–H and O–H groups in total. The number of carbonyl (C=O) groups is 1. The first-order valence-electron chi connectivity index (χ1n) is 8.19. The van der Waals surface area contributed by atoms with Gasteiger partial charge in [0.05, 0.1) is 28.4 Å². The van der Waals surface area contributed by atoms with Gasteiger partial charge in [-0.1, -0.05) is 5.10 Å². The molecule has 28 heavy (non-hydrogen) atoms. The fourth-order valence-electron chi connectivity index (χ4n) is 2.51. The summed E-state index contributed by atoms with van der Waals surface area (Å²) in [6.45, 7) is 0. The van der Waals surface area contributed by atoms with Crippen LogP contribution in [0.25, 0.3) is 11.5 Å². The van der Waals surface area contributed by atoms with Crippen molar-refractivity contribution in [2.24, 2.45) is 0 Å². The highest BCUT2D eigenvalue weighted by Crippen LogP contribution is 2.38. The van der Waals surface area contributed by atoms with Gasteiger partial charge in [0.2, 0.25) is 11.6 Å². The summed E-state index contributed by atoms with van der Waals surface area (Å²) in [7, 11) is 6.01. The maximum atomic E-state index is 12.6. The van der Waals surface area contributed by atoms with E-state index in [-0.39, 0.29) is 17.5 Å². The summed E-state index contributed by atoms with van der Waals surface area (Å²) in [4.78, 5) is 12.6. The minimum Gasteiger partial charge on any atom is -0.497 e. The number of benzene rings is 2. The van der Waals surface area contributed by atoms with Crippen LogP contribution in [0.15, 0.2) is 40.8 Å². The first-order chi connectivity index (χ1) is 13.6. The smallest absolute Gasteiger partial charge is 0.322 e. The van der Waals surface area contributed by atoms with Crippen molar-refractivity contribution in [3.63, 3.8) is 0 Å². The molecule has 0 fully saturated rings. The molecule has 0 bridgehead atoms. The SMILES string of the molecule is COc1ccc(-c2nnc(NC(=O)c3cc(OC)c(OC)c(OC)c3)o2)cc1. The number of anilines is 1. The van der Waals surface area contributed by atoms with Gasteiger partial charge in [-0.05, 0) is 36.4 Å². The lowest BCUT2D eigenvalue weighted by Gasteiger charge is -2.13. The number of aromatic nitrogens is 2. The van der Waals surface area contributed by atoms with Crippen molar-refractivity contribution in [2.45, 2.75) is 0 Å². The highest BCUT2D eigenvalue weighted by atomic mass is 16.5. The monoisotopic (exact) mass is 385 g/mol. The minimum atomic E-state index is -0.468. The van der Waals surface area contributed by atoms with Gasteiger partial charge < -0.3 is 23.4 Å². The number of carbonyl (C=O) groups excluding carboxylic acids is 1. The number of methoxy groups -OCH3 is 4. The molecule has 3 rings (SSSR count). The van der Waals surface area contributed by atoms with Crippen molar-refractivity contribution in [3.05, 3.63) is 42.0 Å². The topological polar surface area (TPSA) is 105 Å². The van der Waals surface area contributed by atoms with Gasteiger partial charge in [0.15, 0.2) is 11.5 Å². The Morgan fingerprint density at radius 2 is 1.54 bits per heavy atom. The van der Waals surface area contributed by atoms with Gasteiger partial charge >= 0.3 is 6.01 Å². The highest BCUT2D eigenvalue weighted by molar-refractivity contribution is 6.04. The van der Waals surface area contributed by atoms with Gasteiger partial charge in [-0.25, -0.2) is 0 Å². The van der Waals surface area contributed by atoms with Gasteiger partial charge in [-0.15, -0.1) is 5.10 Å². The number of rotatable bonds is 7. The van der Waals surface area contributed by atoms with Crippen molar-refractivity contribution < 1.29 is 28.2 Å². The average molecular weight is 385 g/mol. The van der Waals surface area contributed by atoms with Crippen LogP contribution in [0.3, 0.4) is 0 Å². The van der Waals surface area contributed by atoms with E-state index in [9.17, 15) is 4.79 Å². The zero-order chi connectivity index (χ0) is 20.1. The molecule has 3 aromatic rings. The highest BCUT2D eigenvalue weighted by Gasteiger charge is 2.19. The molecule has 0 aliphatic heterocycles. The molecular weight excluding hydrogens is 366 g/mol. The van der Waals surface area contributed by atoms with Crippen molar-refractivity contribution in [1.29, 1.82) is 0 Å². The van der Waals surface area contributed by atoms with Crippen LogP contribution in [0.2, 0.25) is 0 Å². The number of ether oxygens (including phenoxy) is 4. The van der Waals surface area contributed by atoms with Crippen molar-refractivity contribution in [1.82, 2.24) is 10.2 Å². The molecule has 1 heterocycles. The Morgan fingerprint density at radius 1 is 0.893 bits per heavy atom. The third-order valence-electron chi connectivity index (χ3n) is 3.91. The summed E-state index contributed by atoms with van der Waals surface area (Å²) in [5.74, 6) is 1.61. The zero-order valence-corrected chi connectivity index (χ0v) is 15.8. The van der Waals surface area contributed by atoms with E-state index in [4.69, 9.17) is 23.4 Å². The van der Waals surface area contributed by atoms with Gasteiger partial charge in [0.1, 0.15) is 5.75 Å². The summed E-state index contributed by atoms with van der Waals surface area (Å²) in [6.07, 6.45) is 0. The predicted octanol–water partition coefficient (Wildman–Crippen LogP) is 3.02. The number of nitrogens with zero attached hydrogens (tertiary/aromatic N) is 2. The summed E-state index contributed by atoms with van der Waals surface area (Å²) < 4.78 is 26.4. The Hall–Kier alpha value is -3.75. The van der Waals surface area contributed by atoms with Gasteiger partial charge in [-0.2, -0.15) is 0 Å². The van der Waals surface area contributed by atoms with E-state index >= 15 is 0 Å². The Balaban J connectivity index is 1.81. The summed E-state index contributed by atoms with van der Waals surface area (Å²) >= 11 is 0. The van der Waals surface area contributed by atoms with E-state index in [0.717, 1.165) is 0 Å². The van der Waals surface area contributed by atoms with Crippen LogP contribution in [0, 0.1) is 0 Å². The van der Waals surface area contributed by atoms with Crippen molar-refractivity contribution in [2.75, 3.05) is 33.8 Å². The fourth-order valence-corrected chi connectivity index (χ4v) is 2.51. The van der Waals surface area contributed by atoms with Crippen LogP contribution in [0.4, 0.5) is 6.01 Å². The second-order valence-corrected chi connectivity index (χ2v) is 5.51. The molecule has 1 aromatic heterocycles. The molecule has 0 aliphatic rings. The van der Waals surface area contributed by atoms with Crippen molar-refractivity contribution in [3.8, 4) is 34.5 Å². The van der Waals surface area contributed by atoms with Crippen LogP contribution in [0.1, 0.15) is 10.4 Å². The lowest BCUT2D eigenvalue weighted by atomic mass is 10.1. The largest absolute Gasteiger partial charge is 0.497 e. The van der Waals surface area contributed by atoms with E-state index in [0.29, 0.717) is 28.6 Å². The summed E-state index contributed by atoms with van der Waals surface area (Å²) in [6, 6.07) is 10.1. The Kier molecular flexibility index (Phi) is 5.64. The lowest BCUT2D eigenvalue weighted by molar-refractivity contribution is 0.102. The van der Waals surface area contributed by atoms with Crippen LogP contribution in [0.5, 0.6) is 23.0 Å².